The predicted molar refractivity (Wildman–Crippen MR) is 61.6 cm³/mol. The van der Waals surface area contributed by atoms with Crippen LogP contribution in [0.2, 0.25) is 0 Å². The zero-order valence-corrected chi connectivity index (χ0v) is 9.88. The van der Waals surface area contributed by atoms with Crippen molar-refractivity contribution in [3.05, 3.63) is 28.0 Å². The zero-order valence-electron chi connectivity index (χ0n) is 8.29. The molecule has 0 bridgehead atoms. The molecule has 2 N–H and O–H groups in total. The lowest BCUT2D eigenvalue weighted by molar-refractivity contribution is 0.101. The molecule has 0 spiro atoms. The molecule has 0 fully saturated rings. The van der Waals surface area contributed by atoms with E-state index in [1.54, 1.807) is 6.07 Å². The van der Waals surface area contributed by atoms with Crippen molar-refractivity contribution in [2.24, 2.45) is 0 Å². The highest BCUT2D eigenvalue weighted by Gasteiger charge is 2.16. The van der Waals surface area contributed by atoms with E-state index in [0.29, 0.717) is 5.39 Å². The number of rotatable bonds is 1. The van der Waals surface area contributed by atoms with Gasteiger partial charge in [0.05, 0.1) is 10.0 Å². The number of benzene rings is 1. The number of hydrogen-bond donors (Lipinski definition) is 1. The van der Waals surface area contributed by atoms with Gasteiger partial charge in [-0.15, -0.1) is 10.2 Å². The molecule has 2 rings (SSSR count). The van der Waals surface area contributed by atoms with Crippen LogP contribution < -0.4 is 5.73 Å². The van der Waals surface area contributed by atoms with Gasteiger partial charge in [0.1, 0.15) is 5.52 Å². The number of nitrogens with two attached hydrogens (primary N) is 1. The molecule has 0 saturated carbocycles. The number of ketones is 1. The molecular weight excluding hydrogens is 277 g/mol. The smallest absolute Gasteiger partial charge is 0.165 e. The first kappa shape index (κ1) is 10.9. The minimum atomic E-state index is -0.549. The molecule has 0 unspecified atom stereocenters. The molecule has 2 aromatic rings. The second kappa shape index (κ2) is 3.79. The summed E-state index contributed by atoms with van der Waals surface area (Å²) < 4.78 is 13.9. The predicted octanol–water partition coefficient (Wildman–Crippen LogP) is 2.32. The summed E-state index contributed by atoms with van der Waals surface area (Å²) in [4.78, 5) is 11.4. The molecule has 1 aromatic heterocycles. The second-order valence-corrected chi connectivity index (χ2v) is 4.13. The van der Waals surface area contributed by atoms with Gasteiger partial charge in [0.15, 0.2) is 17.4 Å². The Kier molecular flexibility index (Phi) is 2.59. The van der Waals surface area contributed by atoms with E-state index < -0.39 is 5.82 Å². The van der Waals surface area contributed by atoms with Gasteiger partial charge in [-0.25, -0.2) is 4.39 Å². The lowest BCUT2D eigenvalue weighted by atomic mass is 10.1. The second-order valence-electron chi connectivity index (χ2n) is 3.27. The lowest BCUT2D eigenvalue weighted by Crippen LogP contribution is -2.06. The van der Waals surface area contributed by atoms with Crippen molar-refractivity contribution >= 4 is 38.4 Å². The summed E-state index contributed by atoms with van der Waals surface area (Å²) in [6.45, 7) is 1.35. The standard InChI is InChI=1S/C10H7BrFN3O/c1-4(16)7-5-2-3-6(11)8(12)9(5)14-15-10(7)13/h2-3H,1H3,(H2,13,15). The van der Waals surface area contributed by atoms with E-state index >= 15 is 0 Å². The molecule has 82 valence electrons. The number of nitrogens with zero attached hydrogens (tertiary/aromatic N) is 2. The van der Waals surface area contributed by atoms with Gasteiger partial charge in [-0.3, -0.25) is 4.79 Å². The monoisotopic (exact) mass is 283 g/mol. The summed E-state index contributed by atoms with van der Waals surface area (Å²) in [5.41, 5.74) is 5.79. The fourth-order valence-corrected chi connectivity index (χ4v) is 1.82. The topological polar surface area (TPSA) is 68.9 Å². The Hall–Kier alpha value is -1.56. The van der Waals surface area contributed by atoms with Crippen LogP contribution in [-0.4, -0.2) is 16.0 Å². The third-order valence-electron chi connectivity index (χ3n) is 2.20. The van der Waals surface area contributed by atoms with Crippen LogP contribution in [0.4, 0.5) is 10.2 Å². The average Bonchev–Trinajstić information content (AvgIpc) is 2.22. The van der Waals surface area contributed by atoms with E-state index in [1.165, 1.54) is 13.0 Å². The first-order valence-electron chi connectivity index (χ1n) is 4.43. The summed E-state index contributed by atoms with van der Waals surface area (Å²) in [6.07, 6.45) is 0. The average molecular weight is 284 g/mol. The van der Waals surface area contributed by atoms with Gasteiger partial charge in [-0.1, -0.05) is 6.07 Å². The first-order chi connectivity index (χ1) is 7.52. The van der Waals surface area contributed by atoms with Crippen LogP contribution in [0.25, 0.3) is 10.9 Å². The Morgan fingerprint density at radius 1 is 1.44 bits per heavy atom. The molecule has 0 saturated heterocycles. The van der Waals surface area contributed by atoms with E-state index in [2.05, 4.69) is 26.1 Å². The fraction of sp³-hybridized carbons (Fsp3) is 0.100. The number of carbonyl (C=O) groups is 1. The van der Waals surface area contributed by atoms with Gasteiger partial charge < -0.3 is 5.73 Å². The van der Waals surface area contributed by atoms with Crippen LogP contribution in [0.3, 0.4) is 0 Å². The Morgan fingerprint density at radius 3 is 2.75 bits per heavy atom. The number of fused-ring (bicyclic) bond motifs is 1. The minimum absolute atomic E-state index is 0.0155. The van der Waals surface area contributed by atoms with Gasteiger partial charge in [-0.2, -0.15) is 0 Å². The van der Waals surface area contributed by atoms with Gasteiger partial charge in [-0.05, 0) is 28.9 Å². The zero-order chi connectivity index (χ0) is 11.9. The van der Waals surface area contributed by atoms with Crippen molar-refractivity contribution in [3.8, 4) is 0 Å². The van der Waals surface area contributed by atoms with Crippen LogP contribution >= 0.6 is 15.9 Å². The number of nitrogen functional groups attached to an aromatic ring is 1. The lowest BCUT2D eigenvalue weighted by Gasteiger charge is -2.06. The minimum Gasteiger partial charge on any atom is -0.382 e. The van der Waals surface area contributed by atoms with Crippen molar-refractivity contribution in [1.82, 2.24) is 10.2 Å². The summed E-state index contributed by atoms with van der Waals surface area (Å²) in [5.74, 6) is -0.798. The van der Waals surface area contributed by atoms with E-state index in [4.69, 9.17) is 5.73 Å². The molecule has 6 heteroatoms. The van der Waals surface area contributed by atoms with Crippen LogP contribution in [0.15, 0.2) is 16.6 Å². The molecule has 1 heterocycles. The molecule has 0 amide bonds. The highest BCUT2D eigenvalue weighted by Crippen LogP contribution is 2.27. The quantitative estimate of drug-likeness (QED) is 0.816. The van der Waals surface area contributed by atoms with Gasteiger partial charge in [0.2, 0.25) is 0 Å². The van der Waals surface area contributed by atoms with Crippen molar-refractivity contribution in [2.45, 2.75) is 6.92 Å². The van der Waals surface area contributed by atoms with Crippen molar-refractivity contribution < 1.29 is 9.18 Å². The third-order valence-corrected chi connectivity index (χ3v) is 2.82. The Bertz CT molecular complexity index is 600. The molecule has 1 aromatic carbocycles. The maximum absolute atomic E-state index is 13.7. The van der Waals surface area contributed by atoms with Gasteiger partial charge in [0, 0.05) is 5.39 Å². The number of aromatic nitrogens is 2. The number of carbonyl (C=O) groups excluding carboxylic acids is 1. The highest BCUT2D eigenvalue weighted by molar-refractivity contribution is 9.10. The molecular formula is C10H7BrFN3O. The van der Waals surface area contributed by atoms with Gasteiger partial charge in [0.25, 0.3) is 0 Å². The van der Waals surface area contributed by atoms with Crippen molar-refractivity contribution in [1.29, 1.82) is 0 Å². The van der Waals surface area contributed by atoms with E-state index in [0.717, 1.165) is 0 Å². The first-order valence-corrected chi connectivity index (χ1v) is 5.22. The molecule has 0 aliphatic carbocycles. The number of hydrogen-bond acceptors (Lipinski definition) is 4. The molecule has 0 aliphatic rings. The van der Waals surface area contributed by atoms with E-state index in [1.807, 2.05) is 0 Å². The van der Waals surface area contributed by atoms with Crippen LogP contribution in [-0.2, 0) is 0 Å². The summed E-state index contributed by atoms with van der Waals surface area (Å²) >= 11 is 3.04. The van der Waals surface area contributed by atoms with E-state index in [9.17, 15) is 9.18 Å². The maximum atomic E-state index is 13.7. The fourth-order valence-electron chi connectivity index (χ4n) is 1.50. The number of halogens is 2. The molecule has 0 atom stereocenters. The van der Waals surface area contributed by atoms with Crippen LogP contribution in [0, 0.1) is 5.82 Å². The Balaban J connectivity index is 2.95. The summed E-state index contributed by atoms with van der Waals surface area (Å²) in [7, 11) is 0. The number of Topliss-reactive ketones (excluding diaryl/α,β-unsaturated/α-hetero) is 1. The van der Waals surface area contributed by atoms with Crippen molar-refractivity contribution in [2.75, 3.05) is 5.73 Å². The maximum Gasteiger partial charge on any atom is 0.165 e. The van der Waals surface area contributed by atoms with E-state index in [-0.39, 0.29) is 27.2 Å². The SMILES string of the molecule is CC(=O)c1c(N)nnc2c(F)c(Br)ccc12. The normalized spacial score (nSPS) is 10.7. The Labute approximate surface area is 98.8 Å². The van der Waals surface area contributed by atoms with Crippen LogP contribution in [0.1, 0.15) is 17.3 Å². The largest absolute Gasteiger partial charge is 0.382 e. The summed E-state index contributed by atoms with van der Waals surface area (Å²) in [5, 5.41) is 7.60. The van der Waals surface area contributed by atoms with Gasteiger partial charge >= 0.3 is 0 Å². The highest BCUT2D eigenvalue weighted by atomic mass is 79.9. The van der Waals surface area contributed by atoms with Crippen molar-refractivity contribution in [3.63, 3.8) is 0 Å². The third kappa shape index (κ3) is 1.55. The molecule has 0 aliphatic heterocycles. The summed E-state index contributed by atoms with van der Waals surface area (Å²) in [6, 6.07) is 3.09. The molecule has 4 nitrogen and oxygen atoms in total. The Morgan fingerprint density at radius 2 is 2.12 bits per heavy atom. The number of anilines is 1. The van der Waals surface area contributed by atoms with Crippen LogP contribution in [0.5, 0.6) is 0 Å². The molecule has 16 heavy (non-hydrogen) atoms. The molecule has 0 radical (unpaired) electrons.